The van der Waals surface area contributed by atoms with Crippen LogP contribution in [0, 0.1) is 17.0 Å². The van der Waals surface area contributed by atoms with E-state index in [9.17, 15) is 10.1 Å². The predicted molar refractivity (Wildman–Crippen MR) is 58.9 cm³/mol. The zero-order valence-corrected chi connectivity index (χ0v) is 8.82. The number of nitro benzene ring substituents is 1. The van der Waals surface area contributed by atoms with Crippen LogP contribution >= 0.6 is 11.3 Å². The van der Waals surface area contributed by atoms with E-state index in [1.54, 1.807) is 6.07 Å². The van der Waals surface area contributed by atoms with E-state index in [4.69, 9.17) is 0 Å². The van der Waals surface area contributed by atoms with Gasteiger partial charge in [-0.25, -0.2) is 4.98 Å². The first-order valence-electron chi connectivity index (χ1n) is 4.34. The molecule has 5 heteroatoms. The smallest absolute Gasteiger partial charge is 0.258 e. The van der Waals surface area contributed by atoms with Crippen molar-refractivity contribution in [2.24, 2.45) is 0 Å². The molecule has 0 saturated heterocycles. The summed E-state index contributed by atoms with van der Waals surface area (Å²) < 4.78 is 0. The highest BCUT2D eigenvalue weighted by Gasteiger charge is 2.08. The van der Waals surface area contributed by atoms with Gasteiger partial charge in [-0.2, -0.15) is 0 Å². The summed E-state index contributed by atoms with van der Waals surface area (Å²) in [5.74, 6) is 0. The largest absolute Gasteiger partial charge is 0.270 e. The molecule has 1 aromatic carbocycles. The summed E-state index contributed by atoms with van der Waals surface area (Å²) in [6.07, 6.45) is 0. The number of hydrogen-bond donors (Lipinski definition) is 0. The minimum Gasteiger partial charge on any atom is -0.258 e. The Hall–Kier alpha value is -1.75. The van der Waals surface area contributed by atoms with Crippen molar-refractivity contribution < 1.29 is 4.92 Å². The second-order valence-electron chi connectivity index (χ2n) is 3.10. The third-order valence-corrected chi connectivity index (χ3v) is 2.93. The summed E-state index contributed by atoms with van der Waals surface area (Å²) >= 11 is 1.49. The molecule has 0 fully saturated rings. The lowest BCUT2D eigenvalue weighted by Gasteiger charge is -1.95. The molecule has 15 heavy (non-hydrogen) atoms. The number of non-ortho nitro benzene ring substituents is 1. The van der Waals surface area contributed by atoms with E-state index in [1.165, 1.54) is 23.5 Å². The molecule has 0 bridgehead atoms. The molecule has 4 nitrogen and oxygen atoms in total. The normalized spacial score (nSPS) is 10.2. The van der Waals surface area contributed by atoms with Crippen molar-refractivity contribution in [1.82, 2.24) is 4.98 Å². The number of nitrogens with zero attached hydrogens (tertiary/aromatic N) is 2. The van der Waals surface area contributed by atoms with Gasteiger partial charge in [0.25, 0.3) is 5.69 Å². The van der Waals surface area contributed by atoms with Crippen molar-refractivity contribution in [2.75, 3.05) is 0 Å². The van der Waals surface area contributed by atoms with Crippen molar-refractivity contribution in [2.45, 2.75) is 6.92 Å². The van der Waals surface area contributed by atoms with E-state index < -0.39 is 4.92 Å². The summed E-state index contributed by atoms with van der Waals surface area (Å²) in [6.45, 7) is 1.90. The quantitative estimate of drug-likeness (QED) is 0.577. The lowest BCUT2D eigenvalue weighted by Crippen LogP contribution is -1.87. The molecule has 1 aromatic heterocycles. The maximum atomic E-state index is 10.6. The summed E-state index contributed by atoms with van der Waals surface area (Å²) in [5, 5.41) is 13.3. The van der Waals surface area contributed by atoms with Gasteiger partial charge in [0.2, 0.25) is 0 Å². The predicted octanol–water partition coefficient (Wildman–Crippen LogP) is 3.03. The fourth-order valence-electron chi connectivity index (χ4n) is 1.24. The zero-order chi connectivity index (χ0) is 10.8. The lowest BCUT2D eigenvalue weighted by atomic mass is 10.2. The molecule has 0 N–H and O–H groups in total. The van der Waals surface area contributed by atoms with Crippen LogP contribution in [0.1, 0.15) is 5.69 Å². The summed E-state index contributed by atoms with van der Waals surface area (Å²) in [4.78, 5) is 14.5. The molecule has 0 atom stereocenters. The van der Waals surface area contributed by atoms with E-state index >= 15 is 0 Å². The summed E-state index contributed by atoms with van der Waals surface area (Å²) in [6, 6.07) is 6.51. The minimum absolute atomic E-state index is 0.0975. The lowest BCUT2D eigenvalue weighted by molar-refractivity contribution is -0.384. The van der Waals surface area contributed by atoms with Crippen LogP contribution in [0.15, 0.2) is 29.6 Å². The summed E-state index contributed by atoms with van der Waals surface area (Å²) in [5.41, 5.74) is 1.82. The number of aromatic nitrogens is 1. The van der Waals surface area contributed by atoms with Crippen LogP contribution in [0.5, 0.6) is 0 Å². The molecule has 0 aliphatic rings. The van der Waals surface area contributed by atoms with Gasteiger partial charge in [0, 0.05) is 28.8 Å². The molecule has 1 heterocycles. The molecular formula is C10H8N2O2S. The van der Waals surface area contributed by atoms with Crippen LogP contribution in [-0.2, 0) is 0 Å². The standard InChI is InChI=1S/C10H8N2O2S/c1-7-6-15-10(11-7)8-3-2-4-9(5-8)12(13)14/h2-6H,1H3. The van der Waals surface area contributed by atoms with Gasteiger partial charge < -0.3 is 0 Å². The van der Waals surface area contributed by atoms with Crippen LogP contribution in [0.2, 0.25) is 0 Å². The number of hydrogen-bond acceptors (Lipinski definition) is 4. The highest BCUT2D eigenvalue weighted by atomic mass is 32.1. The third-order valence-electron chi connectivity index (χ3n) is 1.92. The Kier molecular flexibility index (Phi) is 2.47. The molecule has 0 spiro atoms. The zero-order valence-electron chi connectivity index (χ0n) is 8.01. The van der Waals surface area contributed by atoms with Crippen molar-refractivity contribution in [3.63, 3.8) is 0 Å². The Morgan fingerprint density at radius 2 is 2.27 bits per heavy atom. The van der Waals surface area contributed by atoms with Crippen LogP contribution in [-0.4, -0.2) is 9.91 Å². The summed E-state index contributed by atoms with van der Waals surface area (Å²) in [7, 11) is 0. The molecule has 2 aromatic rings. The van der Waals surface area contributed by atoms with Crippen molar-refractivity contribution in [3.05, 3.63) is 45.5 Å². The van der Waals surface area contributed by atoms with E-state index in [0.29, 0.717) is 0 Å². The highest BCUT2D eigenvalue weighted by molar-refractivity contribution is 7.13. The van der Waals surface area contributed by atoms with Crippen molar-refractivity contribution >= 4 is 17.0 Å². The Balaban J connectivity index is 2.45. The molecule has 2 rings (SSSR count). The highest BCUT2D eigenvalue weighted by Crippen LogP contribution is 2.26. The Morgan fingerprint density at radius 1 is 1.47 bits per heavy atom. The number of nitro groups is 1. The number of aryl methyl sites for hydroxylation is 1. The molecule has 0 amide bonds. The molecule has 0 aliphatic carbocycles. The first-order valence-corrected chi connectivity index (χ1v) is 5.22. The van der Waals surface area contributed by atoms with Gasteiger partial charge >= 0.3 is 0 Å². The van der Waals surface area contributed by atoms with Crippen LogP contribution in [0.4, 0.5) is 5.69 Å². The van der Waals surface area contributed by atoms with Crippen LogP contribution < -0.4 is 0 Å². The van der Waals surface area contributed by atoms with E-state index in [1.807, 2.05) is 18.4 Å². The fraction of sp³-hybridized carbons (Fsp3) is 0.100. The third kappa shape index (κ3) is 2.02. The van der Waals surface area contributed by atoms with Gasteiger partial charge in [-0.1, -0.05) is 12.1 Å². The fourth-order valence-corrected chi connectivity index (χ4v) is 2.03. The molecule has 0 aliphatic heterocycles. The van der Waals surface area contributed by atoms with Gasteiger partial charge in [-0.15, -0.1) is 11.3 Å². The van der Waals surface area contributed by atoms with Crippen LogP contribution in [0.25, 0.3) is 10.6 Å². The van der Waals surface area contributed by atoms with E-state index in [0.717, 1.165) is 16.3 Å². The van der Waals surface area contributed by atoms with Gasteiger partial charge in [0.05, 0.1) is 4.92 Å². The first-order chi connectivity index (χ1) is 7.16. The van der Waals surface area contributed by atoms with Gasteiger partial charge in [0.15, 0.2) is 0 Å². The Morgan fingerprint density at radius 3 is 2.87 bits per heavy atom. The number of rotatable bonds is 2. The topological polar surface area (TPSA) is 56.0 Å². The first kappa shape index (κ1) is 9.79. The van der Waals surface area contributed by atoms with Crippen LogP contribution in [0.3, 0.4) is 0 Å². The van der Waals surface area contributed by atoms with Gasteiger partial charge in [-0.05, 0) is 6.92 Å². The van der Waals surface area contributed by atoms with Gasteiger partial charge in [0.1, 0.15) is 5.01 Å². The van der Waals surface area contributed by atoms with Crippen molar-refractivity contribution in [3.8, 4) is 10.6 Å². The molecular weight excluding hydrogens is 212 g/mol. The molecule has 76 valence electrons. The average molecular weight is 220 g/mol. The number of benzene rings is 1. The SMILES string of the molecule is Cc1csc(-c2cccc([N+](=O)[O-])c2)n1. The van der Waals surface area contributed by atoms with E-state index in [2.05, 4.69) is 4.98 Å². The van der Waals surface area contributed by atoms with Gasteiger partial charge in [-0.3, -0.25) is 10.1 Å². The van der Waals surface area contributed by atoms with E-state index in [-0.39, 0.29) is 5.69 Å². The Labute approximate surface area is 90.4 Å². The Bertz CT molecular complexity index is 508. The number of thiazole rings is 1. The molecule has 0 unspecified atom stereocenters. The average Bonchev–Trinajstić information content (AvgIpc) is 2.65. The van der Waals surface area contributed by atoms with Crippen molar-refractivity contribution in [1.29, 1.82) is 0 Å². The minimum atomic E-state index is -0.399. The monoisotopic (exact) mass is 220 g/mol. The maximum absolute atomic E-state index is 10.6. The second kappa shape index (κ2) is 3.78. The molecule has 0 saturated carbocycles. The molecule has 0 radical (unpaired) electrons. The maximum Gasteiger partial charge on any atom is 0.270 e. The second-order valence-corrected chi connectivity index (χ2v) is 3.96.